The third kappa shape index (κ3) is 3.07. The van der Waals surface area contributed by atoms with Crippen LogP contribution in [0.2, 0.25) is 0 Å². The summed E-state index contributed by atoms with van der Waals surface area (Å²) in [7, 11) is 0. The Balaban J connectivity index is 2.22. The normalized spacial score (nSPS) is 13.1. The van der Waals surface area contributed by atoms with E-state index in [1.54, 1.807) is 0 Å². The molecule has 1 unspecified atom stereocenters. The largest absolute Gasteiger partial charge is 0.377 e. The molecular formula is C15H20N2O. The summed E-state index contributed by atoms with van der Waals surface area (Å²) in [6.07, 6.45) is 0.210. The number of fused-ring (bicyclic) bond motifs is 1. The minimum atomic E-state index is 0.0250. The van der Waals surface area contributed by atoms with Crippen LogP contribution in [0.1, 0.15) is 25.5 Å². The summed E-state index contributed by atoms with van der Waals surface area (Å²) in [5.41, 5.74) is 3.96. The summed E-state index contributed by atoms with van der Waals surface area (Å²) < 4.78 is 5.62. The minimum absolute atomic E-state index is 0.0250. The first-order chi connectivity index (χ1) is 8.70. The Hall–Kier alpha value is -1.42. The van der Waals surface area contributed by atoms with Crippen LogP contribution >= 0.6 is 0 Å². The summed E-state index contributed by atoms with van der Waals surface area (Å²) in [5.74, 6) is 5.61. The number of benzene rings is 2. The molecule has 0 aromatic heterocycles. The van der Waals surface area contributed by atoms with E-state index in [1.165, 1.54) is 10.8 Å². The zero-order chi connectivity index (χ0) is 13.0. The molecule has 0 amide bonds. The third-order valence-electron chi connectivity index (χ3n) is 2.97. The van der Waals surface area contributed by atoms with E-state index in [0.717, 1.165) is 5.56 Å². The van der Waals surface area contributed by atoms with Crippen LogP contribution in [0.5, 0.6) is 0 Å². The van der Waals surface area contributed by atoms with Gasteiger partial charge in [0.1, 0.15) is 0 Å². The summed E-state index contributed by atoms with van der Waals surface area (Å²) in [5, 5.41) is 2.46. The van der Waals surface area contributed by atoms with Gasteiger partial charge in [-0.25, -0.2) is 0 Å². The van der Waals surface area contributed by atoms with Gasteiger partial charge in [0, 0.05) is 0 Å². The number of hydrogen-bond donors (Lipinski definition) is 2. The highest BCUT2D eigenvalue weighted by Gasteiger charge is 2.11. The lowest BCUT2D eigenvalue weighted by molar-refractivity contribution is 0.0612. The molecule has 2 aromatic rings. The Morgan fingerprint density at radius 3 is 2.50 bits per heavy atom. The highest BCUT2D eigenvalue weighted by atomic mass is 16.5. The molecular weight excluding hydrogens is 224 g/mol. The van der Waals surface area contributed by atoms with Gasteiger partial charge in [-0.1, -0.05) is 36.4 Å². The first-order valence-corrected chi connectivity index (χ1v) is 6.27. The number of rotatable bonds is 5. The van der Waals surface area contributed by atoms with E-state index in [4.69, 9.17) is 10.6 Å². The van der Waals surface area contributed by atoms with Crippen molar-refractivity contribution in [3.63, 3.8) is 0 Å². The van der Waals surface area contributed by atoms with Gasteiger partial charge in [0.2, 0.25) is 0 Å². The van der Waals surface area contributed by atoms with Crippen LogP contribution in [0.15, 0.2) is 42.5 Å². The molecule has 0 radical (unpaired) electrons. The Bertz CT molecular complexity index is 511. The summed E-state index contributed by atoms with van der Waals surface area (Å²) in [4.78, 5) is 0. The van der Waals surface area contributed by atoms with Crippen molar-refractivity contribution >= 4 is 10.8 Å². The van der Waals surface area contributed by atoms with Crippen molar-refractivity contribution in [2.45, 2.75) is 26.0 Å². The maximum atomic E-state index is 5.62. The molecule has 0 saturated carbocycles. The molecule has 0 spiro atoms. The predicted molar refractivity (Wildman–Crippen MR) is 75.1 cm³/mol. The van der Waals surface area contributed by atoms with Crippen molar-refractivity contribution < 1.29 is 4.74 Å². The second-order valence-corrected chi connectivity index (χ2v) is 4.71. The SMILES string of the molecule is CC(C)OCC(NN)c1ccc2ccccc2c1. The van der Waals surface area contributed by atoms with Crippen LogP contribution < -0.4 is 11.3 Å². The molecule has 0 aliphatic rings. The van der Waals surface area contributed by atoms with Crippen LogP contribution in [0.25, 0.3) is 10.8 Å². The quantitative estimate of drug-likeness (QED) is 0.628. The lowest BCUT2D eigenvalue weighted by Crippen LogP contribution is -2.32. The van der Waals surface area contributed by atoms with Gasteiger partial charge in [-0.3, -0.25) is 11.3 Å². The van der Waals surface area contributed by atoms with Gasteiger partial charge >= 0.3 is 0 Å². The molecule has 96 valence electrons. The smallest absolute Gasteiger partial charge is 0.0694 e. The third-order valence-corrected chi connectivity index (χ3v) is 2.97. The summed E-state index contributed by atoms with van der Waals surface area (Å²) in [6.45, 7) is 4.62. The van der Waals surface area contributed by atoms with Crippen molar-refractivity contribution in [1.29, 1.82) is 0 Å². The van der Waals surface area contributed by atoms with Crippen LogP contribution in [-0.4, -0.2) is 12.7 Å². The molecule has 3 heteroatoms. The van der Waals surface area contributed by atoms with Crippen molar-refractivity contribution in [2.75, 3.05) is 6.61 Å². The molecule has 0 heterocycles. The second kappa shape index (κ2) is 5.96. The molecule has 1 atom stereocenters. The van der Waals surface area contributed by atoms with Gasteiger partial charge in [0.15, 0.2) is 0 Å². The van der Waals surface area contributed by atoms with Gasteiger partial charge < -0.3 is 4.74 Å². The van der Waals surface area contributed by atoms with Gasteiger partial charge in [-0.2, -0.15) is 0 Å². The highest BCUT2D eigenvalue weighted by Crippen LogP contribution is 2.20. The molecule has 0 bridgehead atoms. The zero-order valence-corrected chi connectivity index (χ0v) is 10.9. The molecule has 2 aromatic carbocycles. The van der Waals surface area contributed by atoms with E-state index in [2.05, 4.69) is 35.8 Å². The number of nitrogens with one attached hydrogen (secondary N) is 1. The Labute approximate surface area is 108 Å². The number of hydrogen-bond acceptors (Lipinski definition) is 3. The molecule has 18 heavy (non-hydrogen) atoms. The van der Waals surface area contributed by atoms with E-state index in [0.29, 0.717) is 6.61 Å². The average Bonchev–Trinajstić information content (AvgIpc) is 2.39. The maximum absolute atomic E-state index is 5.62. The van der Waals surface area contributed by atoms with Gasteiger partial charge in [-0.15, -0.1) is 0 Å². The minimum Gasteiger partial charge on any atom is -0.377 e. The molecule has 0 saturated heterocycles. The highest BCUT2D eigenvalue weighted by molar-refractivity contribution is 5.83. The van der Waals surface area contributed by atoms with Crippen LogP contribution in [0, 0.1) is 0 Å². The Kier molecular flexibility index (Phi) is 4.31. The maximum Gasteiger partial charge on any atom is 0.0694 e. The average molecular weight is 244 g/mol. The van der Waals surface area contributed by atoms with Crippen LogP contribution in [0.4, 0.5) is 0 Å². The van der Waals surface area contributed by atoms with Crippen LogP contribution in [0.3, 0.4) is 0 Å². The van der Waals surface area contributed by atoms with Gasteiger partial charge in [0.05, 0.1) is 18.8 Å². The summed E-state index contributed by atoms with van der Waals surface area (Å²) >= 11 is 0. The second-order valence-electron chi connectivity index (χ2n) is 4.71. The van der Waals surface area contributed by atoms with Crippen LogP contribution in [-0.2, 0) is 4.74 Å². The van der Waals surface area contributed by atoms with E-state index >= 15 is 0 Å². The summed E-state index contributed by atoms with van der Waals surface area (Å²) in [6, 6.07) is 14.7. The van der Waals surface area contributed by atoms with E-state index in [-0.39, 0.29) is 12.1 Å². The van der Waals surface area contributed by atoms with Gasteiger partial charge in [0.25, 0.3) is 0 Å². The first kappa shape index (κ1) is 13.0. The lowest BCUT2D eigenvalue weighted by atomic mass is 10.0. The molecule has 3 N–H and O–H groups in total. The molecule has 0 aliphatic heterocycles. The first-order valence-electron chi connectivity index (χ1n) is 6.27. The van der Waals surface area contributed by atoms with Crippen molar-refractivity contribution in [1.82, 2.24) is 5.43 Å². The standard InChI is InChI=1S/C15H20N2O/c1-11(2)18-10-15(17-16)14-8-7-12-5-3-4-6-13(12)9-14/h3-9,11,15,17H,10,16H2,1-2H3. The van der Waals surface area contributed by atoms with E-state index in [1.807, 2.05) is 26.0 Å². The number of ether oxygens (including phenoxy) is 1. The number of nitrogens with two attached hydrogens (primary N) is 1. The fourth-order valence-corrected chi connectivity index (χ4v) is 1.95. The molecule has 3 nitrogen and oxygen atoms in total. The lowest BCUT2D eigenvalue weighted by Gasteiger charge is -2.18. The molecule has 0 aliphatic carbocycles. The van der Waals surface area contributed by atoms with E-state index in [9.17, 15) is 0 Å². The van der Waals surface area contributed by atoms with Crippen molar-refractivity contribution in [3.05, 3.63) is 48.0 Å². The fraction of sp³-hybridized carbons (Fsp3) is 0.333. The van der Waals surface area contributed by atoms with Gasteiger partial charge in [-0.05, 0) is 36.2 Å². The fourth-order valence-electron chi connectivity index (χ4n) is 1.95. The van der Waals surface area contributed by atoms with Crippen molar-refractivity contribution in [2.24, 2.45) is 5.84 Å². The predicted octanol–water partition coefficient (Wildman–Crippen LogP) is 2.77. The molecule has 2 rings (SSSR count). The van der Waals surface area contributed by atoms with Crippen molar-refractivity contribution in [3.8, 4) is 0 Å². The molecule has 0 fully saturated rings. The zero-order valence-electron chi connectivity index (χ0n) is 10.9. The number of hydrazine groups is 1. The van der Waals surface area contributed by atoms with E-state index < -0.39 is 0 Å². The Morgan fingerprint density at radius 1 is 1.11 bits per heavy atom. The monoisotopic (exact) mass is 244 g/mol. The topological polar surface area (TPSA) is 47.3 Å². The Morgan fingerprint density at radius 2 is 1.83 bits per heavy atom.